The molecule has 1 aromatic carbocycles. The fraction of sp³-hybridized carbons (Fsp3) is 0.467. The molecule has 4 heteroatoms. The molecule has 0 aliphatic heterocycles. The first-order chi connectivity index (χ1) is 8.92. The average molecular weight is 261 g/mol. The Labute approximate surface area is 112 Å². The predicted molar refractivity (Wildman–Crippen MR) is 71.9 cm³/mol. The molecule has 0 heterocycles. The van der Waals surface area contributed by atoms with Gasteiger partial charge in [0.2, 0.25) is 5.91 Å². The van der Waals surface area contributed by atoms with Gasteiger partial charge >= 0.3 is 5.97 Å². The van der Waals surface area contributed by atoms with E-state index in [0.29, 0.717) is 0 Å². The number of aryl methyl sites for hydroxylation is 1. The summed E-state index contributed by atoms with van der Waals surface area (Å²) in [5, 5.41) is 11.8. The van der Waals surface area contributed by atoms with E-state index in [-0.39, 0.29) is 18.4 Å². The molecule has 2 N–H and O–H groups in total. The molecule has 0 aromatic heterocycles. The van der Waals surface area contributed by atoms with Crippen LogP contribution in [0.5, 0.6) is 0 Å². The van der Waals surface area contributed by atoms with Crippen molar-refractivity contribution >= 4 is 11.9 Å². The summed E-state index contributed by atoms with van der Waals surface area (Å²) in [7, 11) is 0. The molecular weight excluding hydrogens is 242 g/mol. The fourth-order valence-electron chi connectivity index (χ4n) is 2.34. The van der Waals surface area contributed by atoms with Crippen molar-refractivity contribution in [1.82, 2.24) is 5.32 Å². The number of amides is 1. The second-order valence-corrected chi connectivity index (χ2v) is 5.70. The highest BCUT2D eigenvalue weighted by Crippen LogP contribution is 2.33. The molecular formula is C15H19NO3. The first kappa shape index (κ1) is 13.6. The molecule has 1 aliphatic rings. The number of rotatable bonds is 4. The van der Waals surface area contributed by atoms with Crippen molar-refractivity contribution in [3.05, 3.63) is 35.4 Å². The Bertz CT molecular complexity index is 508. The Morgan fingerprint density at radius 3 is 2.74 bits per heavy atom. The standard InChI is InChI=1S/C15H19NO3/c1-15(2,14(18)19)9-16-13(17)12-8-7-10-5-3-4-6-11(10)12/h3-6,12H,7-9H2,1-2H3,(H,16,17)(H,18,19). The van der Waals surface area contributed by atoms with E-state index in [1.165, 1.54) is 5.56 Å². The summed E-state index contributed by atoms with van der Waals surface area (Å²) < 4.78 is 0. The molecule has 0 fully saturated rings. The minimum absolute atomic E-state index is 0.0701. The molecule has 0 saturated heterocycles. The highest BCUT2D eigenvalue weighted by atomic mass is 16.4. The van der Waals surface area contributed by atoms with Gasteiger partial charge in [-0.25, -0.2) is 0 Å². The minimum atomic E-state index is -0.937. The quantitative estimate of drug-likeness (QED) is 0.870. The van der Waals surface area contributed by atoms with Gasteiger partial charge in [0, 0.05) is 6.54 Å². The summed E-state index contributed by atoms with van der Waals surface area (Å²) in [6.07, 6.45) is 1.72. The third kappa shape index (κ3) is 2.78. The zero-order valence-corrected chi connectivity index (χ0v) is 11.3. The number of carbonyl (C=O) groups excluding carboxylic acids is 1. The van der Waals surface area contributed by atoms with Crippen LogP contribution >= 0.6 is 0 Å². The molecule has 19 heavy (non-hydrogen) atoms. The lowest BCUT2D eigenvalue weighted by atomic mass is 9.93. The molecule has 0 saturated carbocycles. The van der Waals surface area contributed by atoms with Crippen molar-refractivity contribution in [1.29, 1.82) is 0 Å². The van der Waals surface area contributed by atoms with Crippen molar-refractivity contribution in [2.24, 2.45) is 5.41 Å². The Hall–Kier alpha value is -1.84. The average Bonchev–Trinajstić information content (AvgIpc) is 2.79. The highest BCUT2D eigenvalue weighted by Gasteiger charge is 2.31. The number of hydrogen-bond donors (Lipinski definition) is 2. The van der Waals surface area contributed by atoms with Crippen molar-refractivity contribution < 1.29 is 14.7 Å². The Balaban J connectivity index is 2.01. The zero-order chi connectivity index (χ0) is 14.0. The maximum Gasteiger partial charge on any atom is 0.310 e. The Morgan fingerprint density at radius 2 is 2.05 bits per heavy atom. The molecule has 1 amide bonds. The summed E-state index contributed by atoms with van der Waals surface area (Å²) in [6, 6.07) is 7.94. The van der Waals surface area contributed by atoms with Gasteiger partial charge in [-0.05, 0) is 37.8 Å². The Morgan fingerprint density at radius 1 is 1.37 bits per heavy atom. The lowest BCUT2D eigenvalue weighted by molar-refractivity contribution is -0.146. The van der Waals surface area contributed by atoms with Crippen LogP contribution in [0.4, 0.5) is 0 Å². The van der Waals surface area contributed by atoms with Gasteiger partial charge in [0.25, 0.3) is 0 Å². The summed E-state index contributed by atoms with van der Waals surface area (Å²) >= 11 is 0. The zero-order valence-electron chi connectivity index (χ0n) is 11.3. The van der Waals surface area contributed by atoms with Crippen LogP contribution in [0.15, 0.2) is 24.3 Å². The van der Waals surface area contributed by atoms with E-state index in [9.17, 15) is 9.59 Å². The van der Waals surface area contributed by atoms with Gasteiger partial charge in [-0.1, -0.05) is 24.3 Å². The topological polar surface area (TPSA) is 66.4 Å². The monoisotopic (exact) mass is 261 g/mol. The second kappa shape index (κ2) is 5.03. The molecule has 1 unspecified atom stereocenters. The van der Waals surface area contributed by atoms with Crippen LogP contribution < -0.4 is 5.32 Å². The van der Waals surface area contributed by atoms with E-state index in [0.717, 1.165) is 18.4 Å². The van der Waals surface area contributed by atoms with Crippen LogP contribution in [0, 0.1) is 5.41 Å². The normalized spacial score (nSPS) is 17.9. The summed E-state index contributed by atoms with van der Waals surface area (Å²) in [6.45, 7) is 3.37. The fourth-order valence-corrected chi connectivity index (χ4v) is 2.34. The summed E-state index contributed by atoms with van der Waals surface area (Å²) in [5.74, 6) is -1.11. The van der Waals surface area contributed by atoms with E-state index in [4.69, 9.17) is 5.11 Å². The molecule has 0 spiro atoms. The maximum absolute atomic E-state index is 12.2. The number of benzene rings is 1. The van der Waals surface area contributed by atoms with Crippen molar-refractivity contribution in [3.8, 4) is 0 Å². The van der Waals surface area contributed by atoms with Crippen LogP contribution in [0.1, 0.15) is 37.3 Å². The molecule has 1 aromatic rings. The van der Waals surface area contributed by atoms with Gasteiger partial charge in [0.15, 0.2) is 0 Å². The predicted octanol–water partition coefficient (Wildman–Crippen LogP) is 1.94. The second-order valence-electron chi connectivity index (χ2n) is 5.70. The van der Waals surface area contributed by atoms with Gasteiger partial charge in [-0.3, -0.25) is 9.59 Å². The lowest BCUT2D eigenvalue weighted by Crippen LogP contribution is -2.40. The molecule has 0 radical (unpaired) electrons. The number of carboxylic acids is 1. The van der Waals surface area contributed by atoms with Crippen LogP contribution in [-0.2, 0) is 16.0 Å². The third-order valence-electron chi connectivity index (χ3n) is 3.73. The van der Waals surface area contributed by atoms with Crippen LogP contribution in [0.25, 0.3) is 0 Å². The SMILES string of the molecule is CC(C)(CNC(=O)C1CCc2ccccc21)C(=O)O. The molecule has 2 rings (SSSR count). The number of nitrogens with one attached hydrogen (secondary N) is 1. The van der Waals surface area contributed by atoms with E-state index in [1.54, 1.807) is 13.8 Å². The van der Waals surface area contributed by atoms with Crippen molar-refractivity contribution in [2.45, 2.75) is 32.6 Å². The highest BCUT2D eigenvalue weighted by molar-refractivity contribution is 5.85. The number of hydrogen-bond acceptors (Lipinski definition) is 2. The van der Waals surface area contributed by atoms with E-state index in [2.05, 4.69) is 5.32 Å². The first-order valence-corrected chi connectivity index (χ1v) is 6.51. The number of fused-ring (bicyclic) bond motifs is 1. The van der Waals surface area contributed by atoms with E-state index in [1.807, 2.05) is 24.3 Å². The molecule has 102 valence electrons. The van der Waals surface area contributed by atoms with Gasteiger partial charge in [-0.2, -0.15) is 0 Å². The lowest BCUT2D eigenvalue weighted by Gasteiger charge is -2.21. The Kier molecular flexibility index (Phi) is 3.60. The first-order valence-electron chi connectivity index (χ1n) is 6.51. The molecule has 1 aliphatic carbocycles. The number of carboxylic acid groups (broad SMARTS) is 1. The smallest absolute Gasteiger partial charge is 0.310 e. The van der Waals surface area contributed by atoms with Gasteiger partial charge in [0.1, 0.15) is 0 Å². The van der Waals surface area contributed by atoms with E-state index >= 15 is 0 Å². The van der Waals surface area contributed by atoms with E-state index < -0.39 is 11.4 Å². The summed E-state index contributed by atoms with van der Waals surface area (Å²) in [4.78, 5) is 23.2. The number of aliphatic carboxylic acids is 1. The van der Waals surface area contributed by atoms with Crippen molar-refractivity contribution in [2.75, 3.05) is 6.54 Å². The minimum Gasteiger partial charge on any atom is -0.481 e. The van der Waals surface area contributed by atoms with Gasteiger partial charge in [-0.15, -0.1) is 0 Å². The van der Waals surface area contributed by atoms with Crippen LogP contribution in [0.3, 0.4) is 0 Å². The van der Waals surface area contributed by atoms with Gasteiger partial charge in [0.05, 0.1) is 11.3 Å². The largest absolute Gasteiger partial charge is 0.481 e. The molecule has 1 atom stereocenters. The van der Waals surface area contributed by atoms with Crippen LogP contribution in [0.2, 0.25) is 0 Å². The van der Waals surface area contributed by atoms with Crippen molar-refractivity contribution in [3.63, 3.8) is 0 Å². The number of carbonyl (C=O) groups is 2. The third-order valence-corrected chi connectivity index (χ3v) is 3.73. The van der Waals surface area contributed by atoms with Gasteiger partial charge < -0.3 is 10.4 Å². The maximum atomic E-state index is 12.2. The molecule has 0 bridgehead atoms. The summed E-state index contributed by atoms with van der Waals surface area (Å²) in [5.41, 5.74) is 1.36. The van der Waals surface area contributed by atoms with Crippen LogP contribution in [-0.4, -0.2) is 23.5 Å². The molecule has 4 nitrogen and oxygen atoms in total.